The van der Waals surface area contributed by atoms with Crippen LogP contribution in [0.1, 0.15) is 31.9 Å². The highest BCUT2D eigenvalue weighted by atomic mass is 15.4. The first kappa shape index (κ1) is 13.5. The molecule has 0 saturated heterocycles. The second-order valence-corrected chi connectivity index (χ2v) is 5.25. The van der Waals surface area contributed by atoms with Crippen LogP contribution in [0.2, 0.25) is 0 Å². The molecule has 18 heavy (non-hydrogen) atoms. The van der Waals surface area contributed by atoms with Gasteiger partial charge in [-0.05, 0) is 38.8 Å². The molecule has 1 heterocycles. The van der Waals surface area contributed by atoms with Crippen molar-refractivity contribution in [1.29, 1.82) is 0 Å². The predicted octanol–water partition coefficient (Wildman–Crippen LogP) is 1.12. The molecule has 0 bridgehead atoms. The third-order valence-electron chi connectivity index (χ3n) is 3.34. The van der Waals surface area contributed by atoms with Crippen molar-refractivity contribution in [1.82, 2.24) is 25.2 Å². The van der Waals surface area contributed by atoms with Crippen LogP contribution >= 0.6 is 0 Å². The van der Waals surface area contributed by atoms with Crippen LogP contribution in [-0.2, 0) is 13.1 Å². The highest BCUT2D eigenvalue weighted by Crippen LogP contribution is 2.29. The van der Waals surface area contributed by atoms with Crippen molar-refractivity contribution in [3.63, 3.8) is 0 Å². The van der Waals surface area contributed by atoms with E-state index in [1.165, 1.54) is 32.4 Å². The zero-order valence-electron chi connectivity index (χ0n) is 11.6. The molecule has 1 aromatic heterocycles. The fourth-order valence-corrected chi connectivity index (χ4v) is 2.23. The first-order chi connectivity index (χ1) is 8.81. The van der Waals surface area contributed by atoms with Gasteiger partial charge in [-0.3, -0.25) is 4.68 Å². The van der Waals surface area contributed by atoms with Gasteiger partial charge in [0.2, 0.25) is 0 Å². The molecule has 2 rings (SSSR count). The van der Waals surface area contributed by atoms with E-state index in [-0.39, 0.29) is 0 Å². The second kappa shape index (κ2) is 6.85. The number of hydrogen-bond acceptors (Lipinski definition) is 4. The van der Waals surface area contributed by atoms with Gasteiger partial charge < -0.3 is 10.2 Å². The SMILES string of the molecule is CCCN(CCn1cc(CNC)nn1)CC1CC1. The molecule has 0 aromatic carbocycles. The van der Waals surface area contributed by atoms with Gasteiger partial charge in [-0.2, -0.15) is 0 Å². The molecule has 0 unspecified atom stereocenters. The molecule has 0 radical (unpaired) electrons. The largest absolute Gasteiger partial charge is 0.314 e. The Bertz CT molecular complexity index is 345. The Morgan fingerprint density at radius 3 is 2.94 bits per heavy atom. The summed E-state index contributed by atoms with van der Waals surface area (Å²) in [5, 5.41) is 11.4. The first-order valence-electron chi connectivity index (χ1n) is 7.07. The Morgan fingerprint density at radius 2 is 2.28 bits per heavy atom. The molecule has 0 atom stereocenters. The minimum atomic E-state index is 0.792. The minimum absolute atomic E-state index is 0.792. The third-order valence-corrected chi connectivity index (χ3v) is 3.34. The van der Waals surface area contributed by atoms with Gasteiger partial charge in [0, 0.05) is 25.8 Å². The summed E-state index contributed by atoms with van der Waals surface area (Å²) in [6.07, 6.45) is 6.12. The number of aromatic nitrogens is 3. The molecule has 1 aliphatic carbocycles. The van der Waals surface area contributed by atoms with Crippen LogP contribution in [0.15, 0.2) is 6.20 Å². The van der Waals surface area contributed by atoms with Crippen LogP contribution in [-0.4, -0.2) is 46.6 Å². The van der Waals surface area contributed by atoms with Crippen molar-refractivity contribution in [3.05, 3.63) is 11.9 Å². The fourth-order valence-electron chi connectivity index (χ4n) is 2.23. The van der Waals surface area contributed by atoms with Gasteiger partial charge in [-0.15, -0.1) is 5.10 Å². The summed E-state index contributed by atoms with van der Waals surface area (Å²) >= 11 is 0. The molecule has 1 aliphatic rings. The molecule has 1 fully saturated rings. The van der Waals surface area contributed by atoms with Gasteiger partial charge in [0.1, 0.15) is 0 Å². The van der Waals surface area contributed by atoms with Crippen LogP contribution in [0.5, 0.6) is 0 Å². The number of nitrogens with one attached hydrogen (secondary N) is 1. The van der Waals surface area contributed by atoms with Crippen molar-refractivity contribution in [2.75, 3.05) is 26.7 Å². The van der Waals surface area contributed by atoms with Gasteiger partial charge in [-0.25, -0.2) is 0 Å². The van der Waals surface area contributed by atoms with Gasteiger partial charge in [-0.1, -0.05) is 12.1 Å². The minimum Gasteiger partial charge on any atom is -0.314 e. The molecule has 1 saturated carbocycles. The summed E-state index contributed by atoms with van der Waals surface area (Å²) in [6, 6.07) is 0. The normalized spacial score (nSPS) is 15.5. The maximum atomic E-state index is 4.16. The summed E-state index contributed by atoms with van der Waals surface area (Å²) < 4.78 is 1.96. The Balaban J connectivity index is 1.75. The number of hydrogen-bond donors (Lipinski definition) is 1. The summed E-state index contributed by atoms with van der Waals surface area (Å²) in [5.41, 5.74) is 1.02. The highest BCUT2D eigenvalue weighted by molar-refractivity contribution is 4.91. The van der Waals surface area contributed by atoms with Crippen molar-refractivity contribution in [3.8, 4) is 0 Å². The summed E-state index contributed by atoms with van der Waals surface area (Å²) in [7, 11) is 1.93. The van der Waals surface area contributed by atoms with Crippen LogP contribution < -0.4 is 5.32 Å². The lowest BCUT2D eigenvalue weighted by molar-refractivity contribution is 0.248. The van der Waals surface area contributed by atoms with E-state index in [2.05, 4.69) is 27.5 Å². The van der Waals surface area contributed by atoms with E-state index in [4.69, 9.17) is 0 Å². The Hall–Kier alpha value is -0.940. The van der Waals surface area contributed by atoms with Crippen LogP contribution in [0.25, 0.3) is 0 Å². The molecule has 0 amide bonds. The average Bonchev–Trinajstić information content (AvgIpc) is 3.06. The highest BCUT2D eigenvalue weighted by Gasteiger charge is 2.23. The molecule has 0 aliphatic heterocycles. The standard InChI is InChI=1S/C13H25N5/c1-3-6-17(10-12-4-5-12)7-8-18-11-13(9-14-2)15-16-18/h11-12,14H,3-10H2,1-2H3. The van der Waals surface area contributed by atoms with E-state index >= 15 is 0 Å². The van der Waals surface area contributed by atoms with E-state index in [0.29, 0.717) is 0 Å². The van der Waals surface area contributed by atoms with Gasteiger partial charge in [0.05, 0.1) is 12.2 Å². The summed E-state index contributed by atoms with van der Waals surface area (Å²) in [6.45, 7) is 7.55. The fraction of sp³-hybridized carbons (Fsp3) is 0.846. The van der Waals surface area contributed by atoms with Gasteiger partial charge in [0.15, 0.2) is 0 Å². The van der Waals surface area contributed by atoms with E-state index in [9.17, 15) is 0 Å². The van der Waals surface area contributed by atoms with Crippen molar-refractivity contribution >= 4 is 0 Å². The molecule has 0 spiro atoms. The average molecular weight is 251 g/mol. The predicted molar refractivity (Wildman–Crippen MR) is 72.2 cm³/mol. The van der Waals surface area contributed by atoms with Crippen LogP contribution in [0.4, 0.5) is 0 Å². The molecule has 1 aromatic rings. The zero-order chi connectivity index (χ0) is 12.8. The third kappa shape index (κ3) is 4.38. The lowest BCUT2D eigenvalue weighted by Gasteiger charge is -2.21. The molecule has 102 valence electrons. The number of nitrogens with zero attached hydrogens (tertiary/aromatic N) is 4. The van der Waals surface area contributed by atoms with E-state index in [0.717, 1.165) is 31.2 Å². The molecular weight excluding hydrogens is 226 g/mol. The maximum absolute atomic E-state index is 4.16. The van der Waals surface area contributed by atoms with Gasteiger partial charge >= 0.3 is 0 Å². The molecular formula is C13H25N5. The van der Waals surface area contributed by atoms with E-state index in [1.54, 1.807) is 0 Å². The van der Waals surface area contributed by atoms with Crippen LogP contribution in [0.3, 0.4) is 0 Å². The quantitative estimate of drug-likeness (QED) is 0.714. The smallest absolute Gasteiger partial charge is 0.0964 e. The summed E-state index contributed by atoms with van der Waals surface area (Å²) in [5.74, 6) is 0.965. The lowest BCUT2D eigenvalue weighted by Crippen LogP contribution is -2.30. The van der Waals surface area contributed by atoms with Crippen LogP contribution in [0, 0.1) is 5.92 Å². The molecule has 5 heteroatoms. The second-order valence-electron chi connectivity index (χ2n) is 5.25. The molecule has 5 nitrogen and oxygen atoms in total. The number of rotatable bonds is 9. The Kier molecular flexibility index (Phi) is 5.13. The monoisotopic (exact) mass is 251 g/mol. The van der Waals surface area contributed by atoms with Crippen molar-refractivity contribution in [2.24, 2.45) is 5.92 Å². The topological polar surface area (TPSA) is 46.0 Å². The molecule has 1 N–H and O–H groups in total. The Labute approximate surface area is 110 Å². The van der Waals surface area contributed by atoms with Gasteiger partial charge in [0.25, 0.3) is 0 Å². The Morgan fingerprint density at radius 1 is 1.44 bits per heavy atom. The lowest BCUT2D eigenvalue weighted by atomic mass is 10.3. The maximum Gasteiger partial charge on any atom is 0.0964 e. The summed E-state index contributed by atoms with van der Waals surface area (Å²) in [4.78, 5) is 2.57. The zero-order valence-corrected chi connectivity index (χ0v) is 11.6. The van der Waals surface area contributed by atoms with Crippen molar-refractivity contribution < 1.29 is 0 Å². The van der Waals surface area contributed by atoms with Crippen molar-refractivity contribution in [2.45, 2.75) is 39.3 Å². The van der Waals surface area contributed by atoms with E-state index < -0.39 is 0 Å². The van der Waals surface area contributed by atoms with E-state index in [1.807, 2.05) is 17.9 Å². The first-order valence-corrected chi connectivity index (χ1v) is 7.07.